The topological polar surface area (TPSA) is 81.2 Å². The van der Waals surface area contributed by atoms with Gasteiger partial charge in [-0.25, -0.2) is 4.98 Å². The summed E-state index contributed by atoms with van der Waals surface area (Å²) in [6.07, 6.45) is 1.42. The first kappa shape index (κ1) is 20.9. The lowest BCUT2D eigenvalue weighted by Crippen LogP contribution is -2.22. The number of amides is 1. The first-order valence-corrected chi connectivity index (χ1v) is 7.28. The number of carbonyl (C=O) groups excluding carboxylic acids is 1. The van der Waals surface area contributed by atoms with Crippen molar-refractivity contribution < 1.29 is 9.21 Å². The lowest BCUT2D eigenvalue weighted by Gasteiger charge is -2.14. The number of furan rings is 1. The first-order chi connectivity index (χ1) is 9.40. The summed E-state index contributed by atoms with van der Waals surface area (Å²) in [7, 11) is 0. The SMILES string of the molecule is CC(C)(C)c1csc(CNC(=O)c2coc(CN)c2)n1.Cl.Cl. The molecular formula is C14H21Cl2N3O2S. The van der Waals surface area contributed by atoms with Crippen molar-refractivity contribution in [1.82, 2.24) is 10.3 Å². The molecule has 0 radical (unpaired) electrons. The molecule has 2 aromatic heterocycles. The van der Waals surface area contributed by atoms with Crippen LogP contribution in [0.3, 0.4) is 0 Å². The molecule has 2 heterocycles. The van der Waals surface area contributed by atoms with E-state index in [2.05, 4.69) is 31.1 Å². The van der Waals surface area contributed by atoms with Gasteiger partial charge in [-0.2, -0.15) is 0 Å². The second-order valence-electron chi connectivity index (χ2n) is 5.56. The van der Waals surface area contributed by atoms with E-state index in [1.165, 1.54) is 6.26 Å². The Morgan fingerprint density at radius 3 is 2.59 bits per heavy atom. The highest BCUT2D eigenvalue weighted by Crippen LogP contribution is 2.23. The van der Waals surface area contributed by atoms with E-state index in [4.69, 9.17) is 10.2 Å². The van der Waals surface area contributed by atoms with Gasteiger partial charge in [0.1, 0.15) is 17.0 Å². The maximum Gasteiger partial charge on any atom is 0.254 e. The zero-order chi connectivity index (χ0) is 14.8. The third kappa shape index (κ3) is 5.28. The smallest absolute Gasteiger partial charge is 0.254 e. The Hall–Kier alpha value is -1.08. The lowest BCUT2D eigenvalue weighted by molar-refractivity contribution is 0.0950. The van der Waals surface area contributed by atoms with Crippen LogP contribution in [0.25, 0.3) is 0 Å². The van der Waals surface area contributed by atoms with E-state index in [0.29, 0.717) is 17.9 Å². The number of rotatable bonds is 4. The predicted molar refractivity (Wildman–Crippen MR) is 93.1 cm³/mol. The largest absolute Gasteiger partial charge is 0.467 e. The van der Waals surface area contributed by atoms with Gasteiger partial charge in [0.2, 0.25) is 0 Å². The molecule has 0 atom stereocenters. The predicted octanol–water partition coefficient (Wildman–Crippen LogP) is 3.27. The van der Waals surface area contributed by atoms with Gasteiger partial charge in [-0.05, 0) is 6.07 Å². The summed E-state index contributed by atoms with van der Waals surface area (Å²) >= 11 is 1.55. The van der Waals surface area contributed by atoms with Crippen molar-refractivity contribution in [3.8, 4) is 0 Å². The Labute approximate surface area is 146 Å². The summed E-state index contributed by atoms with van der Waals surface area (Å²) in [6.45, 7) is 7.05. The van der Waals surface area contributed by atoms with Gasteiger partial charge in [-0.3, -0.25) is 4.79 Å². The van der Waals surface area contributed by atoms with Crippen LogP contribution in [0.15, 0.2) is 22.1 Å². The van der Waals surface area contributed by atoms with E-state index >= 15 is 0 Å². The van der Waals surface area contributed by atoms with Gasteiger partial charge in [0.15, 0.2) is 0 Å². The van der Waals surface area contributed by atoms with Gasteiger partial charge in [-0.15, -0.1) is 36.2 Å². The molecule has 0 aromatic carbocycles. The van der Waals surface area contributed by atoms with Crippen LogP contribution in [0.2, 0.25) is 0 Å². The molecule has 2 rings (SSSR count). The van der Waals surface area contributed by atoms with Crippen LogP contribution in [0, 0.1) is 0 Å². The highest BCUT2D eigenvalue weighted by Gasteiger charge is 2.17. The molecule has 124 valence electrons. The first-order valence-electron chi connectivity index (χ1n) is 6.40. The van der Waals surface area contributed by atoms with E-state index in [0.717, 1.165) is 10.7 Å². The molecule has 5 nitrogen and oxygen atoms in total. The van der Waals surface area contributed by atoms with Gasteiger partial charge in [0, 0.05) is 10.8 Å². The van der Waals surface area contributed by atoms with Crippen LogP contribution in [0.4, 0.5) is 0 Å². The van der Waals surface area contributed by atoms with Crippen LogP contribution >= 0.6 is 36.2 Å². The van der Waals surface area contributed by atoms with Crippen LogP contribution in [0.1, 0.15) is 47.6 Å². The fourth-order valence-corrected chi connectivity index (χ4v) is 2.56. The molecule has 3 N–H and O–H groups in total. The van der Waals surface area contributed by atoms with Crippen molar-refractivity contribution in [1.29, 1.82) is 0 Å². The van der Waals surface area contributed by atoms with Crippen molar-refractivity contribution in [2.24, 2.45) is 5.73 Å². The Balaban J connectivity index is 0.00000220. The number of thiazole rings is 1. The van der Waals surface area contributed by atoms with Gasteiger partial charge in [0.05, 0.1) is 24.3 Å². The van der Waals surface area contributed by atoms with E-state index < -0.39 is 0 Å². The highest BCUT2D eigenvalue weighted by atomic mass is 35.5. The Morgan fingerprint density at radius 2 is 2.09 bits per heavy atom. The van der Waals surface area contributed by atoms with Crippen LogP contribution < -0.4 is 11.1 Å². The molecule has 0 saturated carbocycles. The molecule has 0 bridgehead atoms. The van der Waals surface area contributed by atoms with Crippen molar-refractivity contribution in [2.45, 2.75) is 39.3 Å². The molecule has 8 heteroatoms. The van der Waals surface area contributed by atoms with Gasteiger partial charge >= 0.3 is 0 Å². The van der Waals surface area contributed by atoms with E-state index in [1.807, 2.05) is 5.38 Å². The summed E-state index contributed by atoms with van der Waals surface area (Å²) in [5, 5.41) is 5.75. The zero-order valence-corrected chi connectivity index (χ0v) is 15.2. The number of hydrogen-bond acceptors (Lipinski definition) is 5. The number of carbonyl (C=O) groups is 1. The van der Waals surface area contributed by atoms with Gasteiger partial charge in [0.25, 0.3) is 5.91 Å². The number of hydrogen-bond donors (Lipinski definition) is 2. The number of nitrogens with two attached hydrogens (primary N) is 1. The van der Waals surface area contributed by atoms with Crippen molar-refractivity contribution in [3.05, 3.63) is 39.7 Å². The summed E-state index contributed by atoms with van der Waals surface area (Å²) in [5.41, 5.74) is 6.99. The van der Waals surface area contributed by atoms with E-state index in [1.54, 1.807) is 17.4 Å². The average molecular weight is 366 g/mol. The highest BCUT2D eigenvalue weighted by molar-refractivity contribution is 7.09. The number of aromatic nitrogens is 1. The van der Waals surface area contributed by atoms with Crippen molar-refractivity contribution in [3.63, 3.8) is 0 Å². The summed E-state index contributed by atoms with van der Waals surface area (Å²) in [4.78, 5) is 16.4. The van der Waals surface area contributed by atoms with Crippen LogP contribution in [0.5, 0.6) is 0 Å². The molecule has 22 heavy (non-hydrogen) atoms. The minimum atomic E-state index is -0.180. The molecule has 0 saturated heterocycles. The summed E-state index contributed by atoms with van der Waals surface area (Å²) in [6, 6.07) is 1.65. The molecule has 1 amide bonds. The third-order valence-corrected chi connectivity index (χ3v) is 3.69. The van der Waals surface area contributed by atoms with E-state index in [-0.39, 0.29) is 42.7 Å². The maximum absolute atomic E-state index is 11.9. The number of halogens is 2. The zero-order valence-electron chi connectivity index (χ0n) is 12.7. The molecule has 0 aliphatic rings. The fourth-order valence-electron chi connectivity index (χ4n) is 1.60. The molecule has 0 unspecified atom stereocenters. The monoisotopic (exact) mass is 365 g/mol. The maximum atomic E-state index is 11.9. The van der Waals surface area contributed by atoms with E-state index in [9.17, 15) is 4.79 Å². The Kier molecular flexibility index (Phi) is 8.11. The molecular weight excluding hydrogens is 345 g/mol. The molecule has 0 aliphatic carbocycles. The number of nitrogens with one attached hydrogen (secondary N) is 1. The third-order valence-electron chi connectivity index (χ3n) is 2.84. The van der Waals surface area contributed by atoms with Gasteiger partial charge < -0.3 is 15.5 Å². The minimum Gasteiger partial charge on any atom is -0.467 e. The van der Waals surface area contributed by atoms with Crippen LogP contribution in [-0.4, -0.2) is 10.9 Å². The average Bonchev–Trinajstić information content (AvgIpc) is 3.04. The summed E-state index contributed by atoms with van der Waals surface area (Å²) in [5.74, 6) is 0.417. The minimum absolute atomic E-state index is 0. The second kappa shape index (κ2) is 8.53. The summed E-state index contributed by atoms with van der Waals surface area (Å²) < 4.78 is 5.14. The molecule has 0 aliphatic heterocycles. The Morgan fingerprint density at radius 1 is 1.41 bits per heavy atom. The molecule has 0 spiro atoms. The van der Waals surface area contributed by atoms with Crippen LogP contribution in [-0.2, 0) is 18.5 Å². The van der Waals surface area contributed by atoms with Crippen molar-refractivity contribution >= 4 is 42.1 Å². The standard InChI is InChI=1S/C14H19N3O2S.2ClH/c1-14(2,3)11-8-20-12(17-11)6-16-13(18)9-4-10(5-15)19-7-9;;/h4,7-8H,5-6,15H2,1-3H3,(H,16,18);2*1H. The lowest BCUT2D eigenvalue weighted by atomic mass is 9.93. The van der Waals surface area contributed by atoms with Crippen molar-refractivity contribution in [2.75, 3.05) is 0 Å². The van der Waals surface area contributed by atoms with Gasteiger partial charge in [-0.1, -0.05) is 20.8 Å². The fraction of sp³-hybridized carbons (Fsp3) is 0.429. The quantitative estimate of drug-likeness (QED) is 0.870. The number of nitrogens with zero attached hydrogens (tertiary/aromatic N) is 1. The Bertz CT molecular complexity index is 605. The molecule has 0 fully saturated rings. The second-order valence-corrected chi connectivity index (χ2v) is 6.51. The molecule has 2 aromatic rings. The normalized spacial score (nSPS) is 10.5.